The van der Waals surface area contributed by atoms with Crippen LogP contribution >= 0.6 is 31.9 Å². The number of nitrogens with one attached hydrogen (secondary N) is 2. The normalized spacial score (nSPS) is 10.7. The first kappa shape index (κ1) is 19.1. The minimum absolute atomic E-state index is 0.0348. The zero-order valence-electron chi connectivity index (χ0n) is 13.1. The molecule has 130 valence electrons. The van der Waals surface area contributed by atoms with Gasteiger partial charge in [-0.05, 0) is 24.6 Å². The molecule has 0 radical (unpaired) electrons. The number of carbonyl (C=O) groups excluding carboxylic acids is 1. The minimum atomic E-state index is -0.488. The van der Waals surface area contributed by atoms with Crippen LogP contribution in [0.3, 0.4) is 0 Å². The molecule has 0 aromatic heterocycles. The molecule has 2 aromatic rings. The zero-order chi connectivity index (χ0) is 18.4. The molecule has 0 aliphatic heterocycles. The van der Waals surface area contributed by atoms with Gasteiger partial charge >= 0.3 is 0 Å². The van der Waals surface area contributed by atoms with Crippen LogP contribution in [0.15, 0.2) is 50.4 Å². The van der Waals surface area contributed by atoms with Crippen LogP contribution in [0.2, 0.25) is 0 Å². The molecule has 0 aliphatic rings. The van der Waals surface area contributed by atoms with Crippen molar-refractivity contribution in [3.8, 4) is 0 Å². The molecule has 9 heteroatoms. The van der Waals surface area contributed by atoms with Crippen molar-refractivity contribution in [3.05, 3.63) is 66.6 Å². The van der Waals surface area contributed by atoms with Crippen LogP contribution < -0.4 is 10.7 Å². The molecule has 25 heavy (non-hydrogen) atoms. The van der Waals surface area contributed by atoms with Crippen molar-refractivity contribution >= 4 is 55.4 Å². The lowest BCUT2D eigenvalue weighted by atomic mass is 10.2. The fourth-order valence-electron chi connectivity index (χ4n) is 1.87. The summed E-state index contributed by atoms with van der Waals surface area (Å²) in [5.41, 5.74) is 4.70. The number of rotatable bonds is 6. The number of halogens is 2. The largest absolute Gasteiger partial charge is 0.376 e. The Bertz CT molecular complexity index is 817. The fraction of sp³-hybridized carbons (Fsp3) is 0.125. The van der Waals surface area contributed by atoms with Crippen molar-refractivity contribution in [1.29, 1.82) is 0 Å². The highest BCUT2D eigenvalue weighted by Gasteiger charge is 2.06. The molecule has 1 amide bonds. The van der Waals surface area contributed by atoms with E-state index >= 15 is 0 Å². The molecular formula is C16H14Br2N4O3. The first-order valence-electron chi connectivity index (χ1n) is 7.12. The number of benzene rings is 2. The van der Waals surface area contributed by atoms with E-state index in [1.807, 2.05) is 19.1 Å². The van der Waals surface area contributed by atoms with E-state index in [0.29, 0.717) is 5.56 Å². The number of nitro groups is 1. The van der Waals surface area contributed by atoms with Crippen molar-refractivity contribution < 1.29 is 9.72 Å². The van der Waals surface area contributed by atoms with E-state index in [2.05, 4.69) is 47.7 Å². The quantitative estimate of drug-likeness (QED) is 0.379. The Morgan fingerprint density at radius 2 is 1.96 bits per heavy atom. The maximum Gasteiger partial charge on any atom is 0.270 e. The van der Waals surface area contributed by atoms with E-state index in [9.17, 15) is 14.9 Å². The van der Waals surface area contributed by atoms with Crippen LogP contribution in [-0.2, 0) is 4.79 Å². The number of non-ortho nitro benzene ring substituents is 1. The van der Waals surface area contributed by atoms with E-state index in [-0.39, 0.29) is 18.1 Å². The first-order valence-corrected chi connectivity index (χ1v) is 8.71. The predicted molar refractivity (Wildman–Crippen MR) is 104 cm³/mol. The molecule has 2 aromatic carbocycles. The molecule has 0 heterocycles. The molecule has 0 saturated heterocycles. The summed E-state index contributed by atoms with van der Waals surface area (Å²) >= 11 is 6.89. The summed E-state index contributed by atoms with van der Waals surface area (Å²) in [6.07, 6.45) is 1.35. The van der Waals surface area contributed by atoms with E-state index < -0.39 is 4.92 Å². The van der Waals surface area contributed by atoms with Crippen molar-refractivity contribution in [2.75, 3.05) is 11.9 Å². The molecule has 0 aliphatic carbocycles. The Kier molecular flexibility index (Phi) is 6.65. The van der Waals surface area contributed by atoms with Crippen molar-refractivity contribution in [2.24, 2.45) is 5.10 Å². The molecule has 0 spiro atoms. The lowest BCUT2D eigenvalue weighted by molar-refractivity contribution is -0.384. The fourth-order valence-corrected chi connectivity index (χ4v) is 3.05. The Morgan fingerprint density at radius 3 is 2.60 bits per heavy atom. The maximum atomic E-state index is 11.8. The topological polar surface area (TPSA) is 96.6 Å². The summed E-state index contributed by atoms with van der Waals surface area (Å²) in [4.78, 5) is 22.0. The van der Waals surface area contributed by atoms with Gasteiger partial charge in [-0.3, -0.25) is 14.9 Å². The van der Waals surface area contributed by atoms with Crippen LogP contribution in [0.25, 0.3) is 0 Å². The van der Waals surface area contributed by atoms with Gasteiger partial charge in [0.15, 0.2) is 0 Å². The molecule has 2 N–H and O–H groups in total. The third kappa shape index (κ3) is 5.64. The molecule has 7 nitrogen and oxygen atoms in total. The molecule has 0 atom stereocenters. The minimum Gasteiger partial charge on any atom is -0.376 e. The average Bonchev–Trinajstić information content (AvgIpc) is 2.58. The number of amides is 1. The van der Waals surface area contributed by atoms with Crippen LogP contribution in [0.1, 0.15) is 11.1 Å². The standard InChI is InChI=1S/C16H14Br2N4O3/c1-10-14(17)6-12(7-15(10)18)19-9-16(23)21-20-8-11-3-2-4-13(5-11)22(24)25/h2-8,19H,9H2,1H3,(H,21,23). The highest BCUT2D eigenvalue weighted by Crippen LogP contribution is 2.28. The summed E-state index contributed by atoms with van der Waals surface area (Å²) in [7, 11) is 0. The number of nitrogens with zero attached hydrogens (tertiary/aromatic N) is 2. The Labute approximate surface area is 160 Å². The summed E-state index contributed by atoms with van der Waals surface area (Å²) in [5, 5.41) is 17.5. The number of nitro benzene ring substituents is 1. The number of hydrazone groups is 1. The van der Waals surface area contributed by atoms with E-state index in [1.165, 1.54) is 18.3 Å². The van der Waals surface area contributed by atoms with Crippen molar-refractivity contribution in [2.45, 2.75) is 6.92 Å². The summed E-state index contributed by atoms with van der Waals surface area (Å²) in [6, 6.07) is 9.71. The Hall–Kier alpha value is -2.26. The monoisotopic (exact) mass is 468 g/mol. The Morgan fingerprint density at radius 1 is 1.28 bits per heavy atom. The van der Waals surface area contributed by atoms with Gasteiger partial charge in [0.05, 0.1) is 17.7 Å². The third-order valence-corrected chi connectivity index (χ3v) is 4.87. The van der Waals surface area contributed by atoms with Crippen LogP contribution in [0, 0.1) is 17.0 Å². The zero-order valence-corrected chi connectivity index (χ0v) is 16.3. The first-order chi connectivity index (χ1) is 11.9. The number of anilines is 1. The molecule has 2 rings (SSSR count). The van der Waals surface area contributed by atoms with Crippen molar-refractivity contribution in [1.82, 2.24) is 5.43 Å². The van der Waals surface area contributed by atoms with E-state index in [0.717, 1.165) is 20.2 Å². The average molecular weight is 470 g/mol. The number of hydrogen-bond donors (Lipinski definition) is 2. The maximum absolute atomic E-state index is 11.8. The molecular weight excluding hydrogens is 456 g/mol. The molecule has 0 fully saturated rings. The molecule has 0 bridgehead atoms. The van der Waals surface area contributed by atoms with Gasteiger partial charge in [0, 0.05) is 32.3 Å². The van der Waals surface area contributed by atoms with Gasteiger partial charge in [0.25, 0.3) is 11.6 Å². The summed E-state index contributed by atoms with van der Waals surface area (Å²) in [5.74, 6) is -0.338. The van der Waals surface area contributed by atoms with Gasteiger partial charge in [-0.1, -0.05) is 44.0 Å². The molecule has 0 unspecified atom stereocenters. The number of hydrogen-bond acceptors (Lipinski definition) is 5. The van der Waals surface area contributed by atoms with E-state index in [4.69, 9.17) is 0 Å². The SMILES string of the molecule is Cc1c(Br)cc(NCC(=O)NN=Cc2cccc([N+](=O)[O-])c2)cc1Br. The summed E-state index contributed by atoms with van der Waals surface area (Å²) < 4.78 is 1.85. The third-order valence-electron chi connectivity index (χ3n) is 3.22. The van der Waals surface area contributed by atoms with Gasteiger partial charge in [-0.15, -0.1) is 0 Å². The second kappa shape index (κ2) is 8.72. The highest BCUT2D eigenvalue weighted by atomic mass is 79.9. The van der Waals surface area contributed by atoms with Crippen molar-refractivity contribution in [3.63, 3.8) is 0 Å². The smallest absolute Gasteiger partial charge is 0.270 e. The lowest BCUT2D eigenvalue weighted by Gasteiger charge is -2.09. The van der Waals surface area contributed by atoms with Crippen LogP contribution in [-0.4, -0.2) is 23.6 Å². The number of carbonyl (C=O) groups is 1. The Balaban J connectivity index is 1.88. The van der Waals surface area contributed by atoms with Gasteiger partial charge in [0.1, 0.15) is 0 Å². The lowest BCUT2D eigenvalue weighted by Crippen LogP contribution is -2.25. The van der Waals surface area contributed by atoms with Crippen LogP contribution in [0.5, 0.6) is 0 Å². The summed E-state index contributed by atoms with van der Waals surface area (Å²) in [6.45, 7) is 2.00. The van der Waals surface area contributed by atoms with Crippen LogP contribution in [0.4, 0.5) is 11.4 Å². The van der Waals surface area contributed by atoms with Gasteiger partial charge < -0.3 is 5.32 Å². The second-order valence-electron chi connectivity index (χ2n) is 5.06. The predicted octanol–water partition coefficient (Wildman–Crippen LogP) is 3.99. The highest BCUT2D eigenvalue weighted by molar-refractivity contribution is 9.11. The van der Waals surface area contributed by atoms with Gasteiger partial charge in [-0.2, -0.15) is 5.10 Å². The molecule has 0 saturated carbocycles. The van der Waals surface area contributed by atoms with Gasteiger partial charge in [0.2, 0.25) is 0 Å². The van der Waals surface area contributed by atoms with Gasteiger partial charge in [-0.25, -0.2) is 5.43 Å². The second-order valence-corrected chi connectivity index (χ2v) is 6.77. The van der Waals surface area contributed by atoms with E-state index in [1.54, 1.807) is 12.1 Å².